The molecule has 0 aliphatic heterocycles. The van der Waals surface area contributed by atoms with E-state index in [4.69, 9.17) is 10.3 Å². The zero-order chi connectivity index (χ0) is 13.1. The Bertz CT molecular complexity index is 377. The average molecular weight is 251 g/mol. The molecule has 1 aliphatic carbocycles. The third kappa shape index (κ3) is 2.74. The average Bonchev–Trinajstić information content (AvgIpc) is 3.04. The first-order chi connectivity index (χ1) is 8.65. The van der Waals surface area contributed by atoms with Crippen molar-refractivity contribution in [3.8, 4) is 0 Å². The van der Waals surface area contributed by atoms with Crippen molar-refractivity contribution in [3.63, 3.8) is 0 Å². The summed E-state index contributed by atoms with van der Waals surface area (Å²) in [5.41, 5.74) is 6.03. The minimum atomic E-state index is 0.102. The molecule has 4 nitrogen and oxygen atoms in total. The van der Waals surface area contributed by atoms with E-state index in [-0.39, 0.29) is 12.0 Å². The number of nitrogens with zero attached hydrogens (tertiary/aromatic N) is 2. The lowest BCUT2D eigenvalue weighted by Crippen LogP contribution is -2.25. The summed E-state index contributed by atoms with van der Waals surface area (Å²) >= 11 is 0. The van der Waals surface area contributed by atoms with Gasteiger partial charge in [0.05, 0.1) is 5.92 Å². The van der Waals surface area contributed by atoms with Gasteiger partial charge in [-0.15, -0.1) is 0 Å². The second-order valence-corrected chi connectivity index (χ2v) is 5.64. The van der Waals surface area contributed by atoms with Gasteiger partial charge in [0.2, 0.25) is 5.89 Å². The van der Waals surface area contributed by atoms with Gasteiger partial charge in [-0.2, -0.15) is 4.98 Å². The standard InChI is InChI=1S/C14H25N3O/c1-4-10-6-7-11(8-10)13-16-14(18-17-13)9(3)12(15)5-2/h9-12H,4-8,15H2,1-3H3. The Labute approximate surface area is 109 Å². The predicted molar refractivity (Wildman–Crippen MR) is 71.4 cm³/mol. The quantitative estimate of drug-likeness (QED) is 0.872. The highest BCUT2D eigenvalue weighted by Crippen LogP contribution is 2.38. The van der Waals surface area contributed by atoms with E-state index in [1.807, 2.05) is 0 Å². The minimum Gasteiger partial charge on any atom is -0.339 e. The van der Waals surface area contributed by atoms with Gasteiger partial charge in [-0.1, -0.05) is 32.3 Å². The first-order valence-electron chi connectivity index (χ1n) is 7.24. The molecule has 1 fully saturated rings. The van der Waals surface area contributed by atoms with Crippen LogP contribution in [0.4, 0.5) is 0 Å². The molecule has 0 saturated heterocycles. The van der Waals surface area contributed by atoms with E-state index >= 15 is 0 Å². The monoisotopic (exact) mass is 251 g/mol. The Morgan fingerprint density at radius 1 is 1.39 bits per heavy atom. The highest BCUT2D eigenvalue weighted by molar-refractivity contribution is 5.03. The maximum Gasteiger partial charge on any atom is 0.231 e. The fourth-order valence-corrected chi connectivity index (χ4v) is 2.81. The summed E-state index contributed by atoms with van der Waals surface area (Å²) in [7, 11) is 0. The van der Waals surface area contributed by atoms with Crippen LogP contribution in [0.25, 0.3) is 0 Å². The zero-order valence-corrected chi connectivity index (χ0v) is 11.7. The van der Waals surface area contributed by atoms with E-state index in [0.29, 0.717) is 11.8 Å². The summed E-state index contributed by atoms with van der Waals surface area (Å²) < 4.78 is 5.39. The topological polar surface area (TPSA) is 64.9 Å². The molecule has 2 N–H and O–H groups in total. The fraction of sp³-hybridized carbons (Fsp3) is 0.857. The smallest absolute Gasteiger partial charge is 0.231 e. The Morgan fingerprint density at radius 2 is 2.17 bits per heavy atom. The molecule has 0 radical (unpaired) electrons. The second kappa shape index (κ2) is 5.83. The first kappa shape index (κ1) is 13.5. The molecule has 0 spiro atoms. The summed E-state index contributed by atoms with van der Waals surface area (Å²) in [6.45, 7) is 6.41. The lowest BCUT2D eigenvalue weighted by atomic mass is 10.0. The molecule has 1 aromatic rings. The maximum atomic E-state index is 6.03. The summed E-state index contributed by atoms with van der Waals surface area (Å²) in [6.07, 6.45) is 5.91. The van der Waals surface area contributed by atoms with Crippen molar-refractivity contribution in [3.05, 3.63) is 11.7 Å². The number of aromatic nitrogens is 2. The summed E-state index contributed by atoms with van der Waals surface area (Å²) in [6, 6.07) is 0.102. The van der Waals surface area contributed by atoms with Gasteiger partial charge in [-0.05, 0) is 31.6 Å². The Morgan fingerprint density at radius 3 is 2.78 bits per heavy atom. The minimum absolute atomic E-state index is 0.102. The molecule has 102 valence electrons. The lowest BCUT2D eigenvalue weighted by Gasteiger charge is -2.13. The van der Waals surface area contributed by atoms with Gasteiger partial charge < -0.3 is 10.3 Å². The molecular formula is C14H25N3O. The van der Waals surface area contributed by atoms with Gasteiger partial charge in [0.25, 0.3) is 0 Å². The van der Waals surface area contributed by atoms with Crippen LogP contribution < -0.4 is 5.73 Å². The molecule has 1 heterocycles. The number of rotatable bonds is 5. The maximum absolute atomic E-state index is 6.03. The molecule has 0 bridgehead atoms. The highest BCUT2D eigenvalue weighted by atomic mass is 16.5. The third-order valence-electron chi connectivity index (χ3n) is 4.44. The molecule has 1 saturated carbocycles. The molecule has 18 heavy (non-hydrogen) atoms. The number of hydrogen-bond donors (Lipinski definition) is 1. The molecular weight excluding hydrogens is 226 g/mol. The van der Waals surface area contributed by atoms with Crippen molar-refractivity contribution >= 4 is 0 Å². The van der Waals surface area contributed by atoms with Crippen LogP contribution in [0.3, 0.4) is 0 Å². The lowest BCUT2D eigenvalue weighted by molar-refractivity contribution is 0.334. The number of hydrogen-bond acceptors (Lipinski definition) is 4. The zero-order valence-electron chi connectivity index (χ0n) is 11.7. The van der Waals surface area contributed by atoms with Crippen LogP contribution in [0.2, 0.25) is 0 Å². The van der Waals surface area contributed by atoms with Gasteiger partial charge >= 0.3 is 0 Å². The van der Waals surface area contributed by atoms with Crippen LogP contribution in [0.1, 0.15) is 76.4 Å². The molecule has 1 aromatic heterocycles. The van der Waals surface area contributed by atoms with Gasteiger partial charge in [0.15, 0.2) is 5.82 Å². The predicted octanol–water partition coefficient (Wildman–Crippen LogP) is 3.20. The van der Waals surface area contributed by atoms with Crippen LogP contribution in [-0.4, -0.2) is 16.2 Å². The van der Waals surface area contributed by atoms with Crippen LogP contribution >= 0.6 is 0 Å². The van der Waals surface area contributed by atoms with E-state index in [1.54, 1.807) is 0 Å². The largest absolute Gasteiger partial charge is 0.339 e. The fourth-order valence-electron chi connectivity index (χ4n) is 2.81. The van der Waals surface area contributed by atoms with Crippen molar-refractivity contribution in [2.24, 2.45) is 11.7 Å². The third-order valence-corrected chi connectivity index (χ3v) is 4.44. The number of nitrogens with two attached hydrogens (primary N) is 1. The van der Waals surface area contributed by atoms with Crippen molar-refractivity contribution in [1.82, 2.24) is 10.1 Å². The SMILES string of the molecule is CCC1CCC(c2noc(C(C)C(N)CC)n2)C1. The van der Waals surface area contributed by atoms with E-state index in [2.05, 4.69) is 30.9 Å². The summed E-state index contributed by atoms with van der Waals surface area (Å²) in [5, 5.41) is 4.16. The summed E-state index contributed by atoms with van der Waals surface area (Å²) in [4.78, 5) is 4.57. The molecule has 4 unspecified atom stereocenters. The van der Waals surface area contributed by atoms with Gasteiger partial charge in [0, 0.05) is 12.0 Å². The Balaban J connectivity index is 2.02. The van der Waals surface area contributed by atoms with E-state index in [0.717, 1.165) is 18.2 Å². The second-order valence-electron chi connectivity index (χ2n) is 5.64. The molecule has 1 aliphatic rings. The normalized spacial score (nSPS) is 27.3. The Hall–Kier alpha value is -0.900. The van der Waals surface area contributed by atoms with Crippen molar-refractivity contribution in [2.45, 2.75) is 70.8 Å². The van der Waals surface area contributed by atoms with Gasteiger partial charge in [0.1, 0.15) is 0 Å². The Kier molecular flexibility index (Phi) is 4.38. The van der Waals surface area contributed by atoms with E-state index < -0.39 is 0 Å². The van der Waals surface area contributed by atoms with Crippen molar-refractivity contribution < 1.29 is 4.52 Å². The highest BCUT2D eigenvalue weighted by Gasteiger charge is 2.29. The van der Waals surface area contributed by atoms with Crippen LogP contribution in [0.15, 0.2) is 4.52 Å². The molecule has 4 heteroatoms. The van der Waals surface area contributed by atoms with Crippen LogP contribution in [0, 0.1) is 5.92 Å². The summed E-state index contributed by atoms with van der Waals surface area (Å²) in [5.74, 6) is 3.10. The molecule has 0 aromatic carbocycles. The van der Waals surface area contributed by atoms with Crippen molar-refractivity contribution in [2.75, 3.05) is 0 Å². The van der Waals surface area contributed by atoms with E-state index in [1.165, 1.54) is 25.7 Å². The molecule has 4 atom stereocenters. The first-order valence-corrected chi connectivity index (χ1v) is 7.24. The van der Waals surface area contributed by atoms with Crippen molar-refractivity contribution in [1.29, 1.82) is 0 Å². The molecule has 2 rings (SSSR count). The van der Waals surface area contributed by atoms with Gasteiger partial charge in [-0.3, -0.25) is 0 Å². The van der Waals surface area contributed by atoms with Gasteiger partial charge in [-0.25, -0.2) is 0 Å². The van der Waals surface area contributed by atoms with Crippen LogP contribution in [-0.2, 0) is 0 Å². The van der Waals surface area contributed by atoms with Crippen LogP contribution in [0.5, 0.6) is 0 Å². The molecule has 0 amide bonds. The van der Waals surface area contributed by atoms with E-state index in [9.17, 15) is 0 Å².